The van der Waals surface area contributed by atoms with Crippen molar-refractivity contribution in [3.8, 4) is 0 Å². The SMILES string of the molecule is CCOC(=O)N1CC=C[C@@H]1CC1(C)OCCO1. The van der Waals surface area contributed by atoms with E-state index in [1.807, 2.05) is 19.1 Å². The van der Waals surface area contributed by atoms with E-state index in [4.69, 9.17) is 14.2 Å². The third-order valence-corrected chi connectivity index (χ3v) is 3.04. The highest BCUT2D eigenvalue weighted by atomic mass is 16.7. The Morgan fingerprint density at radius 1 is 1.53 bits per heavy atom. The summed E-state index contributed by atoms with van der Waals surface area (Å²) < 4.78 is 16.1. The van der Waals surface area contributed by atoms with Gasteiger partial charge in [-0.2, -0.15) is 0 Å². The molecule has 5 nitrogen and oxygen atoms in total. The van der Waals surface area contributed by atoms with Crippen molar-refractivity contribution in [3.63, 3.8) is 0 Å². The molecule has 0 aromatic rings. The highest BCUT2D eigenvalue weighted by Gasteiger charge is 2.37. The van der Waals surface area contributed by atoms with Crippen molar-refractivity contribution < 1.29 is 19.0 Å². The molecule has 0 N–H and O–H groups in total. The first kappa shape index (κ1) is 12.4. The highest BCUT2D eigenvalue weighted by Crippen LogP contribution is 2.28. The fraction of sp³-hybridized carbons (Fsp3) is 0.750. The van der Waals surface area contributed by atoms with Crippen LogP contribution in [-0.2, 0) is 14.2 Å². The van der Waals surface area contributed by atoms with Crippen LogP contribution in [0.25, 0.3) is 0 Å². The molecular formula is C12H19NO4. The lowest BCUT2D eigenvalue weighted by Crippen LogP contribution is -2.42. The van der Waals surface area contributed by atoms with E-state index in [1.165, 1.54) is 0 Å². The number of amides is 1. The molecule has 0 aromatic heterocycles. The molecule has 1 atom stereocenters. The standard InChI is InChI=1S/C12H19NO4/c1-3-15-11(14)13-6-4-5-10(13)9-12(2)16-7-8-17-12/h4-5,10H,3,6-9H2,1-2H3/t10-/m1/s1. The van der Waals surface area contributed by atoms with E-state index in [1.54, 1.807) is 11.8 Å². The average molecular weight is 241 g/mol. The molecule has 0 bridgehead atoms. The molecule has 0 radical (unpaired) electrons. The van der Waals surface area contributed by atoms with Crippen LogP contribution in [-0.4, -0.2) is 49.2 Å². The quantitative estimate of drug-likeness (QED) is 0.703. The number of carbonyl (C=O) groups is 1. The summed E-state index contributed by atoms with van der Waals surface area (Å²) in [6, 6.07) is -0.00264. The van der Waals surface area contributed by atoms with E-state index < -0.39 is 5.79 Å². The van der Waals surface area contributed by atoms with E-state index >= 15 is 0 Å². The van der Waals surface area contributed by atoms with Crippen LogP contribution in [0.4, 0.5) is 4.79 Å². The van der Waals surface area contributed by atoms with Gasteiger partial charge >= 0.3 is 6.09 Å². The summed E-state index contributed by atoms with van der Waals surface area (Å²) in [5, 5.41) is 0. The number of carbonyl (C=O) groups excluding carboxylic acids is 1. The summed E-state index contributed by atoms with van der Waals surface area (Å²) in [5.74, 6) is -0.579. The van der Waals surface area contributed by atoms with Crippen molar-refractivity contribution in [2.24, 2.45) is 0 Å². The van der Waals surface area contributed by atoms with Gasteiger partial charge in [-0.15, -0.1) is 0 Å². The van der Waals surface area contributed by atoms with Crippen LogP contribution in [0.1, 0.15) is 20.3 Å². The molecule has 0 spiro atoms. The molecule has 1 amide bonds. The predicted octanol–water partition coefficient (Wildman–Crippen LogP) is 1.54. The Kier molecular flexibility index (Phi) is 3.69. The highest BCUT2D eigenvalue weighted by molar-refractivity contribution is 5.69. The lowest BCUT2D eigenvalue weighted by molar-refractivity contribution is -0.152. The molecule has 0 aliphatic carbocycles. The summed E-state index contributed by atoms with van der Waals surface area (Å²) in [7, 11) is 0. The van der Waals surface area contributed by atoms with Crippen LogP contribution in [0.3, 0.4) is 0 Å². The first-order valence-electron chi connectivity index (χ1n) is 6.02. The Bertz CT molecular complexity index is 310. The minimum Gasteiger partial charge on any atom is -0.450 e. The Morgan fingerprint density at radius 2 is 2.24 bits per heavy atom. The fourth-order valence-electron chi connectivity index (χ4n) is 2.22. The lowest BCUT2D eigenvalue weighted by atomic mass is 10.1. The third kappa shape index (κ3) is 2.79. The smallest absolute Gasteiger partial charge is 0.410 e. The van der Waals surface area contributed by atoms with E-state index in [0.717, 1.165) is 0 Å². The molecule has 5 heteroatoms. The largest absolute Gasteiger partial charge is 0.450 e. The zero-order valence-corrected chi connectivity index (χ0v) is 10.3. The summed E-state index contributed by atoms with van der Waals surface area (Å²) in [4.78, 5) is 13.4. The first-order chi connectivity index (χ1) is 8.14. The maximum Gasteiger partial charge on any atom is 0.410 e. The molecule has 96 valence electrons. The molecule has 2 aliphatic rings. The zero-order chi connectivity index (χ0) is 12.3. The summed E-state index contributed by atoms with van der Waals surface area (Å²) in [5.41, 5.74) is 0. The molecule has 17 heavy (non-hydrogen) atoms. The van der Waals surface area contributed by atoms with Gasteiger partial charge in [0.15, 0.2) is 5.79 Å². The van der Waals surface area contributed by atoms with Gasteiger partial charge in [-0.1, -0.05) is 12.2 Å². The van der Waals surface area contributed by atoms with E-state index in [0.29, 0.717) is 32.8 Å². The predicted molar refractivity (Wildman–Crippen MR) is 61.6 cm³/mol. The number of rotatable bonds is 3. The van der Waals surface area contributed by atoms with Crippen LogP contribution in [0.5, 0.6) is 0 Å². The van der Waals surface area contributed by atoms with Crippen LogP contribution >= 0.6 is 0 Å². The minimum absolute atomic E-state index is 0.00264. The molecule has 1 fully saturated rings. The van der Waals surface area contributed by atoms with Gasteiger partial charge in [-0.25, -0.2) is 4.79 Å². The number of hydrogen-bond donors (Lipinski definition) is 0. The van der Waals surface area contributed by atoms with Crippen molar-refractivity contribution in [1.29, 1.82) is 0 Å². The lowest BCUT2D eigenvalue weighted by Gasteiger charge is -2.30. The topological polar surface area (TPSA) is 48.0 Å². The van der Waals surface area contributed by atoms with Gasteiger partial charge in [0.2, 0.25) is 0 Å². The van der Waals surface area contributed by atoms with Gasteiger partial charge in [-0.05, 0) is 13.8 Å². The zero-order valence-electron chi connectivity index (χ0n) is 10.3. The van der Waals surface area contributed by atoms with Crippen molar-refractivity contribution in [3.05, 3.63) is 12.2 Å². The molecule has 1 saturated heterocycles. The first-order valence-corrected chi connectivity index (χ1v) is 6.02. The monoisotopic (exact) mass is 241 g/mol. The van der Waals surface area contributed by atoms with Crippen molar-refractivity contribution >= 4 is 6.09 Å². The Morgan fingerprint density at radius 3 is 2.88 bits per heavy atom. The average Bonchev–Trinajstić information content (AvgIpc) is 2.88. The van der Waals surface area contributed by atoms with Crippen LogP contribution in [0, 0.1) is 0 Å². The molecule has 2 heterocycles. The maximum absolute atomic E-state index is 11.7. The molecule has 0 aromatic carbocycles. The van der Waals surface area contributed by atoms with Crippen molar-refractivity contribution in [2.45, 2.75) is 32.1 Å². The van der Waals surface area contributed by atoms with E-state index in [-0.39, 0.29) is 12.1 Å². The molecule has 0 saturated carbocycles. The normalized spacial score (nSPS) is 26.5. The fourth-order valence-corrected chi connectivity index (χ4v) is 2.22. The second kappa shape index (κ2) is 5.06. The van der Waals surface area contributed by atoms with Gasteiger partial charge in [-0.3, -0.25) is 4.90 Å². The van der Waals surface area contributed by atoms with Gasteiger partial charge in [0.25, 0.3) is 0 Å². The van der Waals surface area contributed by atoms with E-state index in [2.05, 4.69) is 0 Å². The molecule has 2 aliphatic heterocycles. The third-order valence-electron chi connectivity index (χ3n) is 3.04. The van der Waals surface area contributed by atoms with Crippen molar-refractivity contribution in [1.82, 2.24) is 4.90 Å². The van der Waals surface area contributed by atoms with Crippen LogP contribution in [0.15, 0.2) is 12.2 Å². The summed E-state index contributed by atoms with van der Waals surface area (Å²) >= 11 is 0. The summed E-state index contributed by atoms with van der Waals surface area (Å²) in [6.07, 6.45) is 4.35. The number of ether oxygens (including phenoxy) is 3. The molecule has 0 unspecified atom stereocenters. The van der Waals surface area contributed by atoms with E-state index in [9.17, 15) is 4.79 Å². The summed E-state index contributed by atoms with van der Waals surface area (Å²) in [6.45, 7) is 5.95. The van der Waals surface area contributed by atoms with Crippen molar-refractivity contribution in [2.75, 3.05) is 26.4 Å². The second-order valence-electron chi connectivity index (χ2n) is 4.38. The Labute approximate surface area is 101 Å². The van der Waals surface area contributed by atoms with Gasteiger partial charge in [0.1, 0.15) is 0 Å². The van der Waals surface area contributed by atoms with Gasteiger partial charge in [0.05, 0.1) is 25.9 Å². The Balaban J connectivity index is 1.94. The maximum atomic E-state index is 11.7. The van der Waals surface area contributed by atoms with Gasteiger partial charge in [0, 0.05) is 13.0 Å². The van der Waals surface area contributed by atoms with Gasteiger partial charge < -0.3 is 14.2 Å². The number of hydrogen-bond acceptors (Lipinski definition) is 4. The Hall–Kier alpha value is -1.07. The molecular weight excluding hydrogens is 222 g/mol. The van der Waals surface area contributed by atoms with Crippen LogP contribution < -0.4 is 0 Å². The minimum atomic E-state index is -0.579. The van der Waals surface area contributed by atoms with Crippen LogP contribution in [0.2, 0.25) is 0 Å². The second-order valence-corrected chi connectivity index (χ2v) is 4.38. The molecule has 2 rings (SSSR count). The number of nitrogens with zero attached hydrogens (tertiary/aromatic N) is 1.